The number of carboxylic acids is 1. The topological polar surface area (TPSA) is 79.2 Å². The molecule has 1 N–H and O–H groups in total. The zero-order chi connectivity index (χ0) is 27.0. The number of carboxylic acid groups (broad SMARTS) is 1. The highest BCUT2D eigenvalue weighted by atomic mass is 32.2. The van der Waals surface area contributed by atoms with Gasteiger partial charge in [-0.3, -0.25) is 14.7 Å². The molecule has 1 fully saturated rings. The molecule has 1 amide bonds. The van der Waals surface area contributed by atoms with Gasteiger partial charge in [-0.1, -0.05) is 84.9 Å². The fraction of sp³-hybridized carbons (Fsp3) is 0.0938. The van der Waals surface area contributed by atoms with Crippen LogP contribution in [0.5, 0.6) is 5.75 Å². The van der Waals surface area contributed by atoms with Crippen LogP contribution in [0.25, 0.3) is 6.08 Å². The van der Waals surface area contributed by atoms with E-state index in [1.807, 2.05) is 91.0 Å². The number of benzene rings is 4. The fourth-order valence-corrected chi connectivity index (χ4v) is 5.01. The maximum absolute atomic E-state index is 13.5. The van der Waals surface area contributed by atoms with E-state index < -0.39 is 5.97 Å². The van der Waals surface area contributed by atoms with Crippen LogP contribution in [0.15, 0.2) is 119 Å². The molecule has 4 aromatic rings. The molecule has 1 aliphatic heterocycles. The largest absolute Gasteiger partial charge is 0.489 e. The van der Waals surface area contributed by atoms with Crippen LogP contribution < -0.4 is 4.74 Å². The van der Waals surface area contributed by atoms with Crippen LogP contribution in [0.3, 0.4) is 0 Å². The molecule has 0 radical (unpaired) electrons. The molecule has 0 saturated carbocycles. The third kappa shape index (κ3) is 6.83. The van der Waals surface area contributed by atoms with Gasteiger partial charge < -0.3 is 9.84 Å². The normalized spacial score (nSPS) is 15.2. The van der Waals surface area contributed by atoms with Crippen molar-refractivity contribution in [3.05, 3.63) is 142 Å². The monoisotopic (exact) mass is 534 g/mol. The van der Waals surface area contributed by atoms with Crippen molar-refractivity contribution in [3.8, 4) is 5.75 Å². The van der Waals surface area contributed by atoms with Crippen molar-refractivity contribution >= 4 is 34.9 Å². The number of carbonyl (C=O) groups excluding carboxylic acids is 1. The number of nitrogens with zero attached hydrogens (tertiary/aromatic N) is 2. The van der Waals surface area contributed by atoms with E-state index >= 15 is 0 Å². The number of carbonyl (C=O) groups is 2. The summed E-state index contributed by atoms with van der Waals surface area (Å²) in [5.74, 6) is -0.389. The summed E-state index contributed by atoms with van der Waals surface area (Å²) in [5, 5.41) is 9.74. The summed E-state index contributed by atoms with van der Waals surface area (Å²) < 4.78 is 5.93. The molecule has 194 valence electrons. The predicted molar refractivity (Wildman–Crippen MR) is 154 cm³/mol. The van der Waals surface area contributed by atoms with Gasteiger partial charge in [0.05, 0.1) is 23.6 Å². The van der Waals surface area contributed by atoms with E-state index in [1.54, 1.807) is 29.2 Å². The van der Waals surface area contributed by atoms with E-state index in [0.717, 1.165) is 22.3 Å². The van der Waals surface area contributed by atoms with Gasteiger partial charge in [0.15, 0.2) is 5.17 Å². The number of amidine groups is 1. The summed E-state index contributed by atoms with van der Waals surface area (Å²) in [7, 11) is 0. The fourth-order valence-electron chi connectivity index (χ4n) is 4.03. The third-order valence-electron chi connectivity index (χ3n) is 6.07. The summed E-state index contributed by atoms with van der Waals surface area (Å²) in [4.78, 5) is 31.7. The number of hydrogen-bond acceptors (Lipinski definition) is 5. The lowest BCUT2D eigenvalue weighted by Crippen LogP contribution is -2.28. The van der Waals surface area contributed by atoms with Gasteiger partial charge >= 0.3 is 5.97 Å². The quantitative estimate of drug-likeness (QED) is 0.244. The molecule has 0 aromatic heterocycles. The molecule has 5 rings (SSSR count). The van der Waals surface area contributed by atoms with Crippen LogP contribution in [0, 0.1) is 0 Å². The van der Waals surface area contributed by atoms with Crippen LogP contribution in [0.1, 0.15) is 32.6 Å². The Bertz CT molecular complexity index is 1520. The molecule has 39 heavy (non-hydrogen) atoms. The van der Waals surface area contributed by atoms with Gasteiger partial charge in [-0.15, -0.1) is 0 Å². The highest BCUT2D eigenvalue weighted by molar-refractivity contribution is 8.18. The van der Waals surface area contributed by atoms with Gasteiger partial charge in [-0.2, -0.15) is 0 Å². The van der Waals surface area contributed by atoms with Crippen LogP contribution in [-0.4, -0.2) is 27.1 Å². The van der Waals surface area contributed by atoms with E-state index in [4.69, 9.17) is 14.8 Å². The molecule has 0 atom stereocenters. The Morgan fingerprint density at radius 2 is 1.54 bits per heavy atom. The van der Waals surface area contributed by atoms with Gasteiger partial charge in [-0.25, -0.2) is 4.79 Å². The van der Waals surface area contributed by atoms with E-state index in [0.29, 0.717) is 35.5 Å². The average molecular weight is 535 g/mol. The van der Waals surface area contributed by atoms with E-state index in [9.17, 15) is 9.59 Å². The number of hydrogen-bond donors (Lipinski definition) is 1. The summed E-state index contributed by atoms with van der Waals surface area (Å²) in [6.07, 6.45) is 1.87. The van der Waals surface area contributed by atoms with E-state index in [-0.39, 0.29) is 11.5 Å². The first-order valence-corrected chi connectivity index (χ1v) is 13.3. The standard InChI is InChI=1S/C32H26N2O4S/c35-30-29(19-26-12-7-13-28(18-26)38-22-25-14-16-27(17-15-25)31(36)37)39-32(33-20-23-8-3-1-4-9-23)34(30)21-24-10-5-2-6-11-24/h1-19H,20-22H2,(H,36,37)/b29-19-,33-32?. The van der Waals surface area contributed by atoms with Gasteiger partial charge in [-0.05, 0) is 64.4 Å². The zero-order valence-corrected chi connectivity index (χ0v) is 21.9. The van der Waals surface area contributed by atoms with Crippen LogP contribution >= 0.6 is 11.8 Å². The lowest BCUT2D eigenvalue weighted by Gasteiger charge is -2.15. The molecular formula is C32H26N2O4S. The third-order valence-corrected chi connectivity index (χ3v) is 7.12. The van der Waals surface area contributed by atoms with Gasteiger partial charge in [0.25, 0.3) is 5.91 Å². The van der Waals surface area contributed by atoms with Gasteiger partial charge in [0, 0.05) is 0 Å². The Labute approximate surface area is 231 Å². The summed E-state index contributed by atoms with van der Waals surface area (Å²) in [5.41, 5.74) is 4.05. The minimum atomic E-state index is -0.960. The van der Waals surface area contributed by atoms with Crippen molar-refractivity contribution in [1.29, 1.82) is 0 Å². The van der Waals surface area contributed by atoms with Crippen molar-refractivity contribution < 1.29 is 19.4 Å². The van der Waals surface area contributed by atoms with Crippen molar-refractivity contribution in [2.24, 2.45) is 4.99 Å². The number of aliphatic imine (C=N–C) groups is 1. The van der Waals surface area contributed by atoms with Crippen molar-refractivity contribution in [2.45, 2.75) is 19.7 Å². The first kappa shape index (κ1) is 26.0. The average Bonchev–Trinajstić information content (AvgIpc) is 3.25. The molecule has 0 unspecified atom stereocenters. The van der Waals surface area contributed by atoms with E-state index in [1.165, 1.54) is 11.8 Å². The number of thioether (sulfide) groups is 1. The number of ether oxygens (including phenoxy) is 1. The summed E-state index contributed by atoms with van der Waals surface area (Å²) in [6.45, 7) is 1.24. The second-order valence-electron chi connectivity index (χ2n) is 8.94. The second-order valence-corrected chi connectivity index (χ2v) is 9.94. The lowest BCUT2D eigenvalue weighted by molar-refractivity contribution is -0.122. The highest BCUT2D eigenvalue weighted by Gasteiger charge is 2.33. The van der Waals surface area contributed by atoms with Crippen molar-refractivity contribution in [1.82, 2.24) is 4.90 Å². The molecule has 7 heteroatoms. The summed E-state index contributed by atoms with van der Waals surface area (Å²) in [6, 6.07) is 34.0. The molecule has 0 spiro atoms. The highest BCUT2D eigenvalue weighted by Crippen LogP contribution is 2.34. The molecule has 1 saturated heterocycles. The molecule has 4 aromatic carbocycles. The minimum Gasteiger partial charge on any atom is -0.489 e. The smallest absolute Gasteiger partial charge is 0.335 e. The Balaban J connectivity index is 1.33. The molecule has 0 bridgehead atoms. The van der Waals surface area contributed by atoms with Crippen LogP contribution in [-0.2, 0) is 24.5 Å². The number of amides is 1. The van der Waals surface area contributed by atoms with Crippen LogP contribution in [0.4, 0.5) is 0 Å². The zero-order valence-electron chi connectivity index (χ0n) is 21.1. The van der Waals surface area contributed by atoms with Crippen molar-refractivity contribution in [3.63, 3.8) is 0 Å². The second kappa shape index (κ2) is 12.3. The summed E-state index contributed by atoms with van der Waals surface area (Å²) >= 11 is 1.38. The molecule has 0 aliphatic carbocycles. The maximum atomic E-state index is 13.5. The molecule has 1 heterocycles. The maximum Gasteiger partial charge on any atom is 0.335 e. The number of aromatic carboxylic acids is 1. The Hall–Kier alpha value is -4.62. The molecule has 6 nitrogen and oxygen atoms in total. The molecule has 1 aliphatic rings. The van der Waals surface area contributed by atoms with Crippen LogP contribution in [0.2, 0.25) is 0 Å². The van der Waals surface area contributed by atoms with Crippen molar-refractivity contribution in [2.75, 3.05) is 0 Å². The Morgan fingerprint density at radius 3 is 2.23 bits per heavy atom. The SMILES string of the molecule is O=C(O)c1ccc(COc2cccc(/C=C3\SC(=NCc4ccccc4)N(Cc4ccccc4)C3=O)c2)cc1. The van der Waals surface area contributed by atoms with Gasteiger partial charge in [0.2, 0.25) is 0 Å². The number of rotatable bonds is 9. The van der Waals surface area contributed by atoms with Gasteiger partial charge in [0.1, 0.15) is 12.4 Å². The first-order valence-electron chi connectivity index (χ1n) is 12.4. The predicted octanol–water partition coefficient (Wildman–Crippen LogP) is 6.64. The Kier molecular flexibility index (Phi) is 8.19. The Morgan fingerprint density at radius 1 is 0.846 bits per heavy atom. The first-order chi connectivity index (χ1) is 19.0. The molecular weight excluding hydrogens is 508 g/mol. The lowest BCUT2D eigenvalue weighted by atomic mass is 10.1. The minimum absolute atomic E-state index is 0.0829. The van der Waals surface area contributed by atoms with E-state index in [2.05, 4.69) is 0 Å².